The lowest BCUT2D eigenvalue weighted by Crippen LogP contribution is -2.56. The lowest BCUT2D eigenvalue weighted by Gasteiger charge is -2.42. The van der Waals surface area contributed by atoms with Crippen molar-refractivity contribution in [3.63, 3.8) is 0 Å². The minimum atomic E-state index is -1.75. The third-order valence-corrected chi connectivity index (χ3v) is 7.73. The zero-order chi connectivity index (χ0) is 29.5. The van der Waals surface area contributed by atoms with Gasteiger partial charge in [0.25, 0.3) is 0 Å². The molecule has 1 fully saturated rings. The van der Waals surface area contributed by atoms with Crippen LogP contribution < -0.4 is 5.43 Å². The molecule has 40 heavy (non-hydrogen) atoms. The molecule has 1 aromatic heterocycles. The maximum Gasteiger partial charge on any atom is 0.334 e. The van der Waals surface area contributed by atoms with E-state index in [2.05, 4.69) is 0 Å². The van der Waals surface area contributed by atoms with Gasteiger partial charge in [0.2, 0.25) is 0 Å². The third kappa shape index (κ3) is 5.89. The second kappa shape index (κ2) is 11.5. The van der Waals surface area contributed by atoms with Crippen LogP contribution in [-0.2, 0) is 20.7 Å². The standard InChI is InChI=1S/C29H38O11/c1-13(2)9-16-10-17(31)21-18(32)11-19(33)22(25(21)38-16)26-27(24(35)23(34)20(12-30)39-26)40-28(36)14-5-7-15(8-6-14)29(3,4)37/h5,10-11,13,15,20,23-24,26-27,30,32-35,37H,6-9,12H2,1-4H3. The van der Waals surface area contributed by atoms with Crippen LogP contribution >= 0.6 is 0 Å². The smallest absolute Gasteiger partial charge is 0.334 e. The number of carbonyl (C=O) groups is 1. The Kier molecular flexibility index (Phi) is 8.63. The van der Waals surface area contributed by atoms with Gasteiger partial charge in [-0.1, -0.05) is 19.9 Å². The molecule has 0 saturated carbocycles. The maximum absolute atomic E-state index is 13.2. The van der Waals surface area contributed by atoms with Crippen molar-refractivity contribution in [3.05, 3.63) is 45.3 Å². The van der Waals surface area contributed by atoms with Crippen molar-refractivity contribution in [1.82, 2.24) is 0 Å². The fraction of sp³-hybridized carbons (Fsp3) is 0.586. The first-order valence-corrected chi connectivity index (χ1v) is 13.5. The third-order valence-electron chi connectivity index (χ3n) is 7.73. The second-order valence-electron chi connectivity index (χ2n) is 11.7. The van der Waals surface area contributed by atoms with E-state index in [1.54, 1.807) is 19.9 Å². The van der Waals surface area contributed by atoms with Crippen LogP contribution in [0.15, 0.2) is 33.0 Å². The normalized spacial score (nSPS) is 27.6. The number of phenols is 2. The minimum absolute atomic E-state index is 0.0595. The summed E-state index contributed by atoms with van der Waals surface area (Å²) in [4.78, 5) is 26.2. The predicted molar refractivity (Wildman–Crippen MR) is 143 cm³/mol. The van der Waals surface area contributed by atoms with Gasteiger partial charge in [-0.15, -0.1) is 0 Å². The molecule has 2 heterocycles. The molecule has 1 aromatic carbocycles. The summed E-state index contributed by atoms with van der Waals surface area (Å²) in [5.74, 6) is -1.58. The number of fused-ring (bicyclic) bond motifs is 1. The summed E-state index contributed by atoms with van der Waals surface area (Å²) in [7, 11) is 0. The highest BCUT2D eigenvalue weighted by Gasteiger charge is 2.49. The molecule has 6 unspecified atom stereocenters. The molecular formula is C29H38O11. The van der Waals surface area contributed by atoms with Crippen LogP contribution in [-0.4, -0.2) is 73.2 Å². The molecule has 1 saturated heterocycles. The number of hydrogen-bond acceptors (Lipinski definition) is 11. The van der Waals surface area contributed by atoms with E-state index in [-0.39, 0.29) is 34.1 Å². The average Bonchev–Trinajstić information content (AvgIpc) is 2.86. The lowest BCUT2D eigenvalue weighted by atomic mass is 9.79. The van der Waals surface area contributed by atoms with E-state index in [1.165, 1.54) is 6.07 Å². The highest BCUT2D eigenvalue weighted by Crippen LogP contribution is 2.44. The number of rotatable bonds is 7. The topological polar surface area (TPSA) is 187 Å². The van der Waals surface area contributed by atoms with Crippen LogP contribution in [0.4, 0.5) is 0 Å². The molecule has 1 aliphatic heterocycles. The molecule has 0 spiro atoms. The van der Waals surface area contributed by atoms with Crippen molar-refractivity contribution in [2.75, 3.05) is 6.61 Å². The van der Waals surface area contributed by atoms with E-state index in [9.17, 15) is 40.2 Å². The molecule has 11 nitrogen and oxygen atoms in total. The Labute approximate surface area is 231 Å². The summed E-state index contributed by atoms with van der Waals surface area (Å²) in [6, 6.07) is 2.17. The van der Waals surface area contributed by atoms with Crippen LogP contribution in [0.25, 0.3) is 11.0 Å². The van der Waals surface area contributed by atoms with Crippen molar-refractivity contribution in [3.8, 4) is 11.5 Å². The Bertz CT molecular complexity index is 1340. The fourth-order valence-electron chi connectivity index (χ4n) is 5.46. The van der Waals surface area contributed by atoms with Crippen molar-refractivity contribution in [2.45, 2.75) is 89.5 Å². The molecule has 0 amide bonds. The van der Waals surface area contributed by atoms with Crippen LogP contribution in [0.5, 0.6) is 11.5 Å². The van der Waals surface area contributed by atoms with Crippen molar-refractivity contribution in [1.29, 1.82) is 0 Å². The minimum Gasteiger partial charge on any atom is -0.507 e. The first kappa shape index (κ1) is 30.0. The predicted octanol–water partition coefficient (Wildman–Crippen LogP) is 1.97. The van der Waals surface area contributed by atoms with E-state index < -0.39 is 65.6 Å². The molecule has 11 heteroatoms. The van der Waals surface area contributed by atoms with Gasteiger partial charge in [-0.05, 0) is 44.9 Å². The highest BCUT2D eigenvalue weighted by atomic mass is 16.6. The first-order chi connectivity index (χ1) is 18.7. The summed E-state index contributed by atoms with van der Waals surface area (Å²) in [6.45, 7) is 6.52. The zero-order valence-corrected chi connectivity index (χ0v) is 23.0. The molecule has 1 aliphatic carbocycles. The van der Waals surface area contributed by atoms with Gasteiger partial charge in [0.1, 0.15) is 47.1 Å². The number of benzene rings is 1. The summed E-state index contributed by atoms with van der Waals surface area (Å²) in [6.07, 6.45) is -4.50. The van der Waals surface area contributed by atoms with Gasteiger partial charge in [0, 0.05) is 24.1 Å². The molecule has 2 aliphatic rings. The van der Waals surface area contributed by atoms with Crippen LogP contribution in [0.2, 0.25) is 0 Å². The summed E-state index contributed by atoms with van der Waals surface area (Å²) < 4.78 is 17.5. The number of aromatic hydroxyl groups is 2. The van der Waals surface area contributed by atoms with Crippen molar-refractivity contribution in [2.24, 2.45) is 11.8 Å². The number of ether oxygens (including phenoxy) is 2. The van der Waals surface area contributed by atoms with E-state index >= 15 is 0 Å². The van der Waals surface area contributed by atoms with Gasteiger partial charge in [-0.2, -0.15) is 0 Å². The van der Waals surface area contributed by atoms with Crippen molar-refractivity contribution >= 4 is 16.9 Å². The average molecular weight is 563 g/mol. The molecule has 220 valence electrons. The first-order valence-electron chi connectivity index (χ1n) is 13.5. The number of aliphatic hydroxyl groups excluding tert-OH is 3. The molecule has 6 atom stereocenters. The van der Waals surface area contributed by atoms with E-state index in [4.69, 9.17) is 13.9 Å². The number of carbonyl (C=O) groups excluding carboxylic acids is 1. The van der Waals surface area contributed by atoms with Gasteiger partial charge in [0.15, 0.2) is 17.1 Å². The Morgan fingerprint density at radius 3 is 2.42 bits per heavy atom. The maximum atomic E-state index is 13.2. The Balaban J connectivity index is 1.79. The largest absolute Gasteiger partial charge is 0.507 e. The van der Waals surface area contributed by atoms with Crippen LogP contribution in [0.1, 0.15) is 64.4 Å². The quantitative estimate of drug-likeness (QED) is 0.271. The summed E-state index contributed by atoms with van der Waals surface area (Å²) >= 11 is 0. The summed E-state index contributed by atoms with van der Waals surface area (Å²) in [5, 5.41) is 62.9. The number of hydrogen-bond donors (Lipinski definition) is 6. The molecular weight excluding hydrogens is 524 g/mol. The molecule has 0 radical (unpaired) electrons. The number of phenolic OH excluding ortho intramolecular Hbond substituents is 2. The molecule has 6 N–H and O–H groups in total. The van der Waals surface area contributed by atoms with E-state index in [0.717, 1.165) is 6.07 Å². The zero-order valence-electron chi connectivity index (χ0n) is 23.0. The SMILES string of the molecule is CC(C)Cc1cc(=O)c2c(O)cc(O)c(C3OC(CO)C(O)C(O)C3OC(=O)C3=CCC(C(C)(C)O)CC3)c2o1. The van der Waals surface area contributed by atoms with Gasteiger partial charge in [-0.25, -0.2) is 4.79 Å². The monoisotopic (exact) mass is 562 g/mol. The Morgan fingerprint density at radius 1 is 1.15 bits per heavy atom. The van der Waals surface area contributed by atoms with Crippen LogP contribution in [0.3, 0.4) is 0 Å². The lowest BCUT2D eigenvalue weighted by molar-refractivity contribution is -0.240. The van der Waals surface area contributed by atoms with Gasteiger partial charge in [-0.3, -0.25) is 4.79 Å². The molecule has 4 rings (SSSR count). The van der Waals surface area contributed by atoms with Crippen LogP contribution in [0, 0.1) is 11.8 Å². The Hall–Kier alpha value is -2.96. The highest BCUT2D eigenvalue weighted by molar-refractivity contribution is 5.90. The number of allylic oxidation sites excluding steroid dienone is 1. The number of esters is 1. The van der Waals surface area contributed by atoms with E-state index in [0.29, 0.717) is 31.3 Å². The fourth-order valence-corrected chi connectivity index (χ4v) is 5.46. The molecule has 0 bridgehead atoms. The van der Waals surface area contributed by atoms with E-state index in [1.807, 2.05) is 13.8 Å². The Morgan fingerprint density at radius 2 is 1.85 bits per heavy atom. The molecule has 2 aromatic rings. The van der Waals surface area contributed by atoms with Gasteiger partial charge in [0.05, 0.1) is 17.8 Å². The van der Waals surface area contributed by atoms with Gasteiger partial charge < -0.3 is 44.5 Å². The van der Waals surface area contributed by atoms with Gasteiger partial charge >= 0.3 is 5.97 Å². The second-order valence-corrected chi connectivity index (χ2v) is 11.7. The summed E-state index contributed by atoms with van der Waals surface area (Å²) in [5.41, 5.74) is -1.60. The van der Waals surface area contributed by atoms with Crippen molar-refractivity contribution < 1.29 is 49.3 Å². The number of aliphatic hydroxyl groups is 4.